The zero-order valence-electron chi connectivity index (χ0n) is 13.1. The third kappa shape index (κ3) is 17.7. The molecule has 0 aliphatic rings. The molecule has 0 bridgehead atoms. The van der Waals surface area contributed by atoms with Crippen molar-refractivity contribution in [3.8, 4) is 0 Å². The molecule has 0 saturated carbocycles. The molecule has 1 N–H and O–H groups in total. The molecule has 1 nitrogen and oxygen atoms in total. The van der Waals surface area contributed by atoms with Gasteiger partial charge in [0.05, 0.1) is 0 Å². The summed E-state index contributed by atoms with van der Waals surface area (Å²) in [5.41, 5.74) is 0. The van der Waals surface area contributed by atoms with Crippen molar-refractivity contribution in [1.82, 2.24) is 0 Å². The molecule has 0 aliphatic carbocycles. The highest BCUT2D eigenvalue weighted by Crippen LogP contribution is 2.09. The van der Waals surface area contributed by atoms with Gasteiger partial charge in [0.1, 0.15) is 0 Å². The molecule has 0 unspecified atom stereocenters. The number of rotatable bonds is 15. The summed E-state index contributed by atoms with van der Waals surface area (Å²) in [6.07, 6.45) is 23.7. The van der Waals surface area contributed by atoms with E-state index < -0.39 is 0 Å². The SMILES string of the molecule is CCCCCCCC/C=[C]/CCCCCCCCO. The molecule has 1 heteroatoms. The molecular formula is C18H35O. The predicted molar refractivity (Wildman–Crippen MR) is 85.2 cm³/mol. The topological polar surface area (TPSA) is 20.2 Å². The van der Waals surface area contributed by atoms with E-state index in [1.165, 1.54) is 77.0 Å². The smallest absolute Gasteiger partial charge is 0.0431 e. The average molecular weight is 267 g/mol. The minimum atomic E-state index is 0.356. The molecule has 0 saturated heterocycles. The summed E-state index contributed by atoms with van der Waals surface area (Å²) in [7, 11) is 0. The minimum Gasteiger partial charge on any atom is -0.396 e. The Bertz CT molecular complexity index is 175. The van der Waals surface area contributed by atoms with Crippen LogP contribution in [0.15, 0.2) is 6.08 Å². The van der Waals surface area contributed by atoms with Crippen LogP contribution in [0.5, 0.6) is 0 Å². The Morgan fingerprint density at radius 3 is 2.00 bits per heavy atom. The highest BCUT2D eigenvalue weighted by Gasteiger charge is 1.90. The third-order valence-corrected chi connectivity index (χ3v) is 3.58. The largest absolute Gasteiger partial charge is 0.396 e. The van der Waals surface area contributed by atoms with Gasteiger partial charge in [0.2, 0.25) is 0 Å². The normalized spacial score (nSPS) is 11.5. The maximum atomic E-state index is 8.66. The number of hydrogen-bond donors (Lipinski definition) is 1. The van der Waals surface area contributed by atoms with Crippen LogP contribution in [0.25, 0.3) is 0 Å². The van der Waals surface area contributed by atoms with Gasteiger partial charge >= 0.3 is 0 Å². The first kappa shape index (κ1) is 18.7. The average Bonchev–Trinajstić information content (AvgIpc) is 2.43. The molecule has 0 amide bonds. The second kappa shape index (κ2) is 17.7. The molecule has 113 valence electrons. The van der Waals surface area contributed by atoms with Gasteiger partial charge in [-0.3, -0.25) is 0 Å². The maximum absolute atomic E-state index is 8.66. The fraction of sp³-hybridized carbons (Fsp3) is 0.889. The molecule has 0 fully saturated rings. The van der Waals surface area contributed by atoms with Gasteiger partial charge in [0.15, 0.2) is 0 Å². The summed E-state index contributed by atoms with van der Waals surface area (Å²) in [5, 5.41) is 8.66. The highest BCUT2D eigenvalue weighted by atomic mass is 16.2. The first-order valence-electron chi connectivity index (χ1n) is 8.57. The summed E-state index contributed by atoms with van der Waals surface area (Å²) in [6.45, 7) is 2.62. The number of allylic oxidation sites excluding steroid dienone is 2. The lowest BCUT2D eigenvalue weighted by Crippen LogP contribution is -1.83. The lowest BCUT2D eigenvalue weighted by molar-refractivity contribution is 0.282. The monoisotopic (exact) mass is 267 g/mol. The number of unbranched alkanes of at least 4 members (excludes halogenated alkanes) is 12. The first-order valence-corrected chi connectivity index (χ1v) is 8.57. The standard InChI is InChI=1S/C18H35O/c1-2-3-4-5-6-7-8-9-10-11-12-13-14-15-16-17-18-19/h9,19H,2-8,11-18H2,1H3. The summed E-state index contributed by atoms with van der Waals surface area (Å²) in [6, 6.07) is 0. The van der Waals surface area contributed by atoms with Gasteiger partial charge in [-0.2, -0.15) is 0 Å². The van der Waals surface area contributed by atoms with E-state index in [1.807, 2.05) is 0 Å². The highest BCUT2D eigenvalue weighted by molar-refractivity contribution is 4.73. The fourth-order valence-corrected chi connectivity index (χ4v) is 2.28. The van der Waals surface area contributed by atoms with Crippen LogP contribution in [-0.2, 0) is 0 Å². The lowest BCUT2D eigenvalue weighted by atomic mass is 10.1. The molecule has 0 heterocycles. The van der Waals surface area contributed by atoms with Gasteiger partial charge in [-0.1, -0.05) is 70.8 Å². The van der Waals surface area contributed by atoms with Crippen molar-refractivity contribution < 1.29 is 5.11 Å². The molecule has 19 heavy (non-hydrogen) atoms. The summed E-state index contributed by atoms with van der Waals surface area (Å²) >= 11 is 0. The third-order valence-electron chi connectivity index (χ3n) is 3.58. The molecule has 0 aliphatic heterocycles. The molecule has 0 aromatic rings. The van der Waals surface area contributed by atoms with E-state index >= 15 is 0 Å². The summed E-state index contributed by atoms with van der Waals surface area (Å²) < 4.78 is 0. The maximum Gasteiger partial charge on any atom is 0.0431 e. The lowest BCUT2D eigenvalue weighted by Gasteiger charge is -1.99. The second-order valence-electron chi connectivity index (χ2n) is 5.56. The van der Waals surface area contributed by atoms with E-state index in [-0.39, 0.29) is 0 Å². The van der Waals surface area contributed by atoms with Crippen molar-refractivity contribution in [1.29, 1.82) is 0 Å². The molecule has 0 rings (SSSR count). The quantitative estimate of drug-likeness (QED) is 0.371. The number of aliphatic hydroxyl groups is 1. The van der Waals surface area contributed by atoms with Crippen molar-refractivity contribution >= 4 is 0 Å². The molecule has 0 aromatic heterocycles. The van der Waals surface area contributed by atoms with E-state index in [1.54, 1.807) is 0 Å². The summed E-state index contributed by atoms with van der Waals surface area (Å²) in [4.78, 5) is 0. The predicted octanol–water partition coefficient (Wildman–Crippen LogP) is 5.82. The van der Waals surface area contributed by atoms with Gasteiger partial charge < -0.3 is 5.11 Å². The number of aliphatic hydroxyl groups excluding tert-OH is 1. The van der Waals surface area contributed by atoms with Crippen LogP contribution in [0.2, 0.25) is 0 Å². The minimum absolute atomic E-state index is 0.356. The van der Waals surface area contributed by atoms with Crippen molar-refractivity contribution in [2.24, 2.45) is 0 Å². The second-order valence-corrected chi connectivity index (χ2v) is 5.56. The van der Waals surface area contributed by atoms with Gasteiger partial charge in [-0.15, -0.1) is 0 Å². The molecule has 0 atom stereocenters. The zero-order chi connectivity index (χ0) is 14.0. The van der Waals surface area contributed by atoms with Crippen molar-refractivity contribution in [2.45, 2.75) is 96.8 Å². The molecule has 0 aromatic carbocycles. The van der Waals surface area contributed by atoms with Crippen LogP contribution in [0.1, 0.15) is 96.8 Å². The first-order chi connectivity index (χ1) is 9.41. The van der Waals surface area contributed by atoms with Gasteiger partial charge in [-0.25, -0.2) is 0 Å². The van der Waals surface area contributed by atoms with Crippen LogP contribution >= 0.6 is 0 Å². The fourth-order valence-electron chi connectivity index (χ4n) is 2.28. The van der Waals surface area contributed by atoms with Crippen LogP contribution in [0.4, 0.5) is 0 Å². The van der Waals surface area contributed by atoms with E-state index in [4.69, 9.17) is 5.11 Å². The Hall–Kier alpha value is -0.300. The number of hydrogen-bond acceptors (Lipinski definition) is 1. The Morgan fingerprint density at radius 2 is 1.32 bits per heavy atom. The van der Waals surface area contributed by atoms with Gasteiger partial charge in [-0.05, 0) is 38.2 Å². The van der Waals surface area contributed by atoms with Crippen molar-refractivity contribution in [2.75, 3.05) is 6.61 Å². The zero-order valence-corrected chi connectivity index (χ0v) is 13.1. The Balaban J connectivity index is 3.01. The van der Waals surface area contributed by atoms with E-state index in [0.29, 0.717) is 6.61 Å². The van der Waals surface area contributed by atoms with E-state index in [0.717, 1.165) is 12.8 Å². The molecule has 0 spiro atoms. The Morgan fingerprint density at radius 1 is 0.737 bits per heavy atom. The molecular weight excluding hydrogens is 232 g/mol. The van der Waals surface area contributed by atoms with Crippen molar-refractivity contribution in [3.63, 3.8) is 0 Å². The van der Waals surface area contributed by atoms with Gasteiger partial charge in [0, 0.05) is 6.61 Å². The van der Waals surface area contributed by atoms with Crippen LogP contribution in [0.3, 0.4) is 0 Å². The van der Waals surface area contributed by atoms with Crippen LogP contribution < -0.4 is 0 Å². The molecule has 1 radical (unpaired) electrons. The van der Waals surface area contributed by atoms with E-state index in [9.17, 15) is 0 Å². The van der Waals surface area contributed by atoms with Crippen LogP contribution in [0, 0.1) is 6.08 Å². The van der Waals surface area contributed by atoms with E-state index in [2.05, 4.69) is 19.1 Å². The Labute approximate surface area is 121 Å². The van der Waals surface area contributed by atoms with Crippen molar-refractivity contribution in [3.05, 3.63) is 12.2 Å². The van der Waals surface area contributed by atoms with Crippen LogP contribution in [-0.4, -0.2) is 11.7 Å². The summed E-state index contributed by atoms with van der Waals surface area (Å²) in [5.74, 6) is 0. The Kier molecular flexibility index (Phi) is 17.4. The van der Waals surface area contributed by atoms with Gasteiger partial charge in [0.25, 0.3) is 0 Å².